The van der Waals surface area contributed by atoms with Crippen LogP contribution in [0.5, 0.6) is 0 Å². The molecular formula is C23H30F3N5O2. The van der Waals surface area contributed by atoms with Crippen molar-refractivity contribution < 1.29 is 22.8 Å². The molecule has 0 aliphatic carbocycles. The third-order valence-corrected chi connectivity index (χ3v) is 6.52. The van der Waals surface area contributed by atoms with Crippen LogP contribution >= 0.6 is 0 Å². The molecule has 1 amide bonds. The molecule has 0 saturated carbocycles. The first-order valence-corrected chi connectivity index (χ1v) is 11.1. The van der Waals surface area contributed by atoms with Gasteiger partial charge in [-0.3, -0.25) is 9.69 Å². The predicted molar refractivity (Wildman–Crippen MR) is 116 cm³/mol. The predicted octanol–water partition coefficient (Wildman–Crippen LogP) is 2.09. The molecule has 2 aliphatic heterocycles. The van der Waals surface area contributed by atoms with E-state index in [4.69, 9.17) is 5.73 Å². The maximum Gasteiger partial charge on any atom is 0.416 e. The van der Waals surface area contributed by atoms with Crippen LogP contribution in [-0.2, 0) is 15.8 Å². The highest BCUT2D eigenvalue weighted by atomic mass is 19.4. The van der Waals surface area contributed by atoms with Gasteiger partial charge in [0.15, 0.2) is 0 Å². The van der Waals surface area contributed by atoms with Crippen LogP contribution in [0.2, 0.25) is 0 Å². The highest BCUT2D eigenvalue weighted by Crippen LogP contribution is 2.30. The molecule has 2 aliphatic rings. The average molecular weight is 466 g/mol. The van der Waals surface area contributed by atoms with Gasteiger partial charge in [0.05, 0.1) is 23.7 Å². The molecule has 0 aromatic heterocycles. The Labute approximate surface area is 191 Å². The molecule has 6 atom stereocenters. The van der Waals surface area contributed by atoms with Gasteiger partial charge in [0.1, 0.15) is 12.3 Å². The van der Waals surface area contributed by atoms with Crippen LogP contribution in [0.15, 0.2) is 24.3 Å². The zero-order chi connectivity index (χ0) is 24.3. The van der Waals surface area contributed by atoms with E-state index in [1.807, 2.05) is 18.7 Å². The van der Waals surface area contributed by atoms with Crippen LogP contribution in [0.1, 0.15) is 43.9 Å². The molecule has 2 fully saturated rings. The Morgan fingerprint density at radius 2 is 1.97 bits per heavy atom. The SMILES string of the molecule is CC1CC(C#N)N(C(=O)C(N)CN2CC(NC(C)c3ccc(C(F)(F)F)cc3)CC2C=O)C1. The van der Waals surface area contributed by atoms with E-state index >= 15 is 0 Å². The maximum absolute atomic E-state index is 12.8. The largest absolute Gasteiger partial charge is 0.416 e. The van der Waals surface area contributed by atoms with Crippen molar-refractivity contribution in [2.24, 2.45) is 11.7 Å². The number of carbonyl (C=O) groups is 2. The zero-order valence-corrected chi connectivity index (χ0v) is 18.8. The standard InChI is InChI=1S/C23H30F3N5O2/c1-14-7-19(9-27)31(10-14)22(33)21(28)12-30-11-18(8-20(30)13-32)29-15(2)16-3-5-17(6-4-16)23(24,25)26/h3-6,13-15,18-21,29H,7-8,10-12,28H2,1-2H3. The minimum atomic E-state index is -4.38. The van der Waals surface area contributed by atoms with Crippen LogP contribution in [0.3, 0.4) is 0 Å². The molecule has 0 bridgehead atoms. The van der Waals surface area contributed by atoms with E-state index in [0.717, 1.165) is 18.4 Å². The lowest BCUT2D eigenvalue weighted by atomic mass is 10.0. The second-order valence-electron chi connectivity index (χ2n) is 9.18. The molecule has 2 saturated heterocycles. The number of aldehydes is 1. The summed E-state index contributed by atoms with van der Waals surface area (Å²) in [6, 6.07) is 5.12. The highest BCUT2D eigenvalue weighted by molar-refractivity contribution is 5.83. The Bertz CT molecular complexity index is 886. The summed E-state index contributed by atoms with van der Waals surface area (Å²) in [6.07, 6.45) is -2.41. The van der Waals surface area contributed by atoms with Gasteiger partial charge in [-0.1, -0.05) is 19.1 Å². The van der Waals surface area contributed by atoms with E-state index in [9.17, 15) is 28.0 Å². The number of alkyl halides is 3. The van der Waals surface area contributed by atoms with Crippen molar-refractivity contribution >= 4 is 12.2 Å². The van der Waals surface area contributed by atoms with Gasteiger partial charge in [0.2, 0.25) is 5.91 Å². The van der Waals surface area contributed by atoms with Crippen LogP contribution in [0, 0.1) is 17.2 Å². The van der Waals surface area contributed by atoms with Gasteiger partial charge < -0.3 is 20.7 Å². The summed E-state index contributed by atoms with van der Waals surface area (Å²) >= 11 is 0. The maximum atomic E-state index is 12.8. The number of rotatable bonds is 7. The van der Waals surface area contributed by atoms with Crippen LogP contribution in [0.25, 0.3) is 0 Å². The third-order valence-electron chi connectivity index (χ3n) is 6.52. The van der Waals surface area contributed by atoms with Gasteiger partial charge in [-0.2, -0.15) is 18.4 Å². The molecule has 0 radical (unpaired) electrons. The summed E-state index contributed by atoms with van der Waals surface area (Å²) in [7, 11) is 0. The number of amides is 1. The van der Waals surface area contributed by atoms with Gasteiger partial charge in [-0.25, -0.2) is 0 Å². The van der Waals surface area contributed by atoms with Crippen LogP contribution < -0.4 is 11.1 Å². The number of nitrogens with zero attached hydrogens (tertiary/aromatic N) is 3. The third kappa shape index (κ3) is 5.91. The Hall–Kier alpha value is -2.48. The first-order valence-electron chi connectivity index (χ1n) is 11.1. The number of hydrogen-bond acceptors (Lipinski definition) is 6. The van der Waals surface area contributed by atoms with Crippen molar-refractivity contribution in [1.82, 2.24) is 15.1 Å². The molecule has 10 heteroatoms. The fourth-order valence-electron chi connectivity index (χ4n) is 4.77. The zero-order valence-electron chi connectivity index (χ0n) is 18.8. The van der Waals surface area contributed by atoms with Crippen molar-refractivity contribution in [3.63, 3.8) is 0 Å². The van der Waals surface area contributed by atoms with Crippen LogP contribution in [0.4, 0.5) is 13.2 Å². The number of likely N-dealkylation sites (tertiary alicyclic amines) is 2. The lowest BCUT2D eigenvalue weighted by Gasteiger charge is -2.28. The van der Waals surface area contributed by atoms with Gasteiger partial charge in [0.25, 0.3) is 0 Å². The molecule has 3 N–H and O–H groups in total. The Balaban J connectivity index is 1.58. The molecule has 1 aromatic rings. The topological polar surface area (TPSA) is 102 Å². The number of halogens is 3. The molecule has 2 heterocycles. The number of nitrogens with two attached hydrogens (primary N) is 1. The average Bonchev–Trinajstić information content (AvgIpc) is 3.34. The van der Waals surface area contributed by atoms with Crippen molar-refractivity contribution in [1.29, 1.82) is 5.26 Å². The minimum absolute atomic E-state index is 0.0848. The Morgan fingerprint density at radius 1 is 1.30 bits per heavy atom. The molecule has 6 unspecified atom stereocenters. The first-order chi connectivity index (χ1) is 15.5. The summed E-state index contributed by atoms with van der Waals surface area (Å²) in [5, 5.41) is 12.7. The second-order valence-corrected chi connectivity index (χ2v) is 9.18. The summed E-state index contributed by atoms with van der Waals surface area (Å²) in [4.78, 5) is 27.9. The minimum Gasteiger partial charge on any atom is -0.325 e. The Kier molecular flexibility index (Phi) is 7.77. The van der Waals surface area contributed by atoms with Crippen molar-refractivity contribution in [2.45, 2.75) is 63.1 Å². The van der Waals surface area contributed by atoms with E-state index in [0.29, 0.717) is 31.5 Å². The van der Waals surface area contributed by atoms with Crippen molar-refractivity contribution in [2.75, 3.05) is 19.6 Å². The van der Waals surface area contributed by atoms with E-state index in [-0.39, 0.29) is 30.5 Å². The number of nitrogens with one attached hydrogen (secondary N) is 1. The normalized spacial score (nSPS) is 27.8. The van der Waals surface area contributed by atoms with Gasteiger partial charge >= 0.3 is 6.18 Å². The van der Waals surface area contributed by atoms with Gasteiger partial charge in [-0.15, -0.1) is 0 Å². The number of carbonyl (C=O) groups excluding carboxylic acids is 2. The number of hydrogen-bond donors (Lipinski definition) is 2. The number of benzene rings is 1. The van der Waals surface area contributed by atoms with Crippen molar-refractivity contribution in [3.8, 4) is 6.07 Å². The number of nitriles is 1. The van der Waals surface area contributed by atoms with E-state index in [1.165, 1.54) is 17.0 Å². The molecular weight excluding hydrogens is 435 g/mol. The summed E-state index contributed by atoms with van der Waals surface area (Å²) < 4.78 is 38.4. The Morgan fingerprint density at radius 3 is 2.55 bits per heavy atom. The van der Waals surface area contributed by atoms with E-state index in [1.54, 1.807) is 0 Å². The molecule has 0 spiro atoms. The van der Waals surface area contributed by atoms with Gasteiger partial charge in [0, 0.05) is 31.7 Å². The first kappa shape index (κ1) is 25.1. The summed E-state index contributed by atoms with van der Waals surface area (Å²) in [5.41, 5.74) is 6.18. The second kappa shape index (κ2) is 10.2. The molecule has 3 rings (SSSR count). The summed E-state index contributed by atoms with van der Waals surface area (Å²) in [5.74, 6) is -0.0503. The molecule has 1 aromatic carbocycles. The van der Waals surface area contributed by atoms with E-state index in [2.05, 4.69) is 11.4 Å². The highest BCUT2D eigenvalue weighted by Gasteiger charge is 2.39. The fourth-order valence-corrected chi connectivity index (χ4v) is 4.77. The molecule has 33 heavy (non-hydrogen) atoms. The smallest absolute Gasteiger partial charge is 0.325 e. The van der Waals surface area contributed by atoms with Crippen LogP contribution in [-0.4, -0.2) is 65.8 Å². The lowest BCUT2D eigenvalue weighted by molar-refractivity contribution is -0.137. The lowest BCUT2D eigenvalue weighted by Crippen LogP contribution is -2.52. The molecule has 7 nitrogen and oxygen atoms in total. The van der Waals surface area contributed by atoms with Gasteiger partial charge in [-0.05, 0) is 43.4 Å². The summed E-state index contributed by atoms with van der Waals surface area (Å²) in [6.45, 7) is 5.01. The fraction of sp³-hybridized carbons (Fsp3) is 0.609. The molecule has 180 valence electrons. The monoisotopic (exact) mass is 465 g/mol. The van der Waals surface area contributed by atoms with E-state index < -0.39 is 29.9 Å². The van der Waals surface area contributed by atoms with Crippen molar-refractivity contribution in [3.05, 3.63) is 35.4 Å². The quantitative estimate of drug-likeness (QED) is 0.598.